The van der Waals surface area contributed by atoms with E-state index in [4.69, 9.17) is 19.3 Å². The molecule has 0 radical (unpaired) electrons. The largest absolute Gasteiger partial charge is 0.469 e. The number of rotatable bonds is 44. The second-order valence-electron chi connectivity index (χ2n) is 16.1. The lowest BCUT2D eigenvalue weighted by Crippen LogP contribution is -2.29. The van der Waals surface area contributed by atoms with Gasteiger partial charge >= 0.3 is 19.8 Å². The Morgan fingerprint density at radius 2 is 0.764 bits per heavy atom. The number of carbonyl (C=O) groups excluding carboxylic acids is 2. The first-order valence-electron chi connectivity index (χ1n) is 23.5. The second-order valence-corrected chi connectivity index (χ2v) is 17.3. The Morgan fingerprint density at radius 3 is 1.13 bits per heavy atom. The van der Waals surface area contributed by atoms with E-state index < -0.39 is 32.5 Å². The fraction of sp³-hybridized carbons (Fsp3) is 0.913. The molecule has 0 spiro atoms. The van der Waals surface area contributed by atoms with E-state index in [0.717, 1.165) is 51.4 Å². The van der Waals surface area contributed by atoms with Crippen molar-refractivity contribution in [3.8, 4) is 0 Å². The zero-order valence-corrected chi connectivity index (χ0v) is 37.0. The van der Waals surface area contributed by atoms with Crippen molar-refractivity contribution < 1.29 is 37.9 Å². The lowest BCUT2D eigenvalue weighted by atomic mass is 10.0. The first kappa shape index (κ1) is 53.8. The molecular weight excluding hydrogens is 711 g/mol. The molecule has 0 heterocycles. The van der Waals surface area contributed by atoms with E-state index in [2.05, 4.69) is 30.5 Å². The summed E-state index contributed by atoms with van der Waals surface area (Å²) >= 11 is 0. The summed E-state index contributed by atoms with van der Waals surface area (Å²) in [5.74, 6) is -0.881. The van der Waals surface area contributed by atoms with Crippen molar-refractivity contribution in [3.05, 3.63) is 12.2 Å². The van der Waals surface area contributed by atoms with Crippen LogP contribution in [0.5, 0.6) is 0 Å². The average molecular weight is 801 g/mol. The minimum absolute atomic E-state index is 0.206. The summed E-state index contributed by atoms with van der Waals surface area (Å²) < 4.78 is 26.4. The van der Waals surface area contributed by atoms with E-state index in [1.807, 2.05) is 0 Å². The van der Waals surface area contributed by atoms with Crippen LogP contribution in [0.2, 0.25) is 0 Å². The van der Waals surface area contributed by atoms with Gasteiger partial charge in [-0.3, -0.25) is 14.1 Å². The van der Waals surface area contributed by atoms with Gasteiger partial charge in [-0.05, 0) is 38.5 Å². The molecule has 2 N–H and O–H groups in total. The van der Waals surface area contributed by atoms with Gasteiger partial charge < -0.3 is 19.3 Å². The molecule has 0 aromatic rings. The Kier molecular flexibility index (Phi) is 41.5. The molecule has 0 rings (SSSR count). The molecule has 0 saturated heterocycles. The zero-order valence-electron chi connectivity index (χ0n) is 36.1. The van der Waals surface area contributed by atoms with Gasteiger partial charge in [-0.25, -0.2) is 4.57 Å². The summed E-state index contributed by atoms with van der Waals surface area (Å²) in [5.41, 5.74) is 0. The predicted octanol–water partition coefficient (Wildman–Crippen LogP) is 14.6. The van der Waals surface area contributed by atoms with Gasteiger partial charge in [0.1, 0.15) is 6.61 Å². The molecule has 0 amide bonds. The third-order valence-electron chi connectivity index (χ3n) is 10.5. The predicted molar refractivity (Wildman–Crippen MR) is 230 cm³/mol. The highest BCUT2D eigenvalue weighted by Gasteiger charge is 2.23. The maximum absolute atomic E-state index is 12.4. The number of allylic oxidation sites excluding steroid dienone is 2. The van der Waals surface area contributed by atoms with Crippen LogP contribution in [0.3, 0.4) is 0 Å². The van der Waals surface area contributed by atoms with Crippen molar-refractivity contribution in [2.24, 2.45) is 0 Å². The summed E-state index contributed by atoms with van der Waals surface area (Å²) in [7, 11) is -4.75. The van der Waals surface area contributed by atoms with Crippen molar-refractivity contribution in [1.82, 2.24) is 0 Å². The topological polar surface area (TPSA) is 119 Å². The van der Waals surface area contributed by atoms with E-state index in [0.29, 0.717) is 6.42 Å². The Labute approximate surface area is 339 Å². The molecule has 326 valence electrons. The van der Waals surface area contributed by atoms with Crippen LogP contribution >= 0.6 is 7.82 Å². The number of ether oxygens (including phenoxy) is 2. The smallest absolute Gasteiger partial charge is 0.462 e. The number of phosphoric ester groups is 1. The number of hydrogen-bond acceptors (Lipinski definition) is 6. The molecule has 0 aromatic heterocycles. The molecule has 9 heteroatoms. The van der Waals surface area contributed by atoms with Crippen LogP contribution in [0.4, 0.5) is 0 Å². The van der Waals surface area contributed by atoms with Crippen LogP contribution in [0.25, 0.3) is 0 Å². The fourth-order valence-electron chi connectivity index (χ4n) is 7.02. The maximum atomic E-state index is 12.4. The number of carbonyl (C=O) groups is 2. The van der Waals surface area contributed by atoms with Gasteiger partial charge in [0, 0.05) is 12.8 Å². The summed E-state index contributed by atoms with van der Waals surface area (Å²) in [5, 5.41) is 0. The Morgan fingerprint density at radius 1 is 0.455 bits per heavy atom. The molecule has 0 aromatic carbocycles. The first-order chi connectivity index (χ1) is 26.8. The zero-order chi connectivity index (χ0) is 40.3. The molecule has 55 heavy (non-hydrogen) atoms. The Hall–Kier alpha value is -1.21. The molecule has 0 bridgehead atoms. The number of unbranched alkanes of at least 4 members (excludes halogenated alkanes) is 32. The van der Waals surface area contributed by atoms with Gasteiger partial charge in [0.25, 0.3) is 0 Å². The average Bonchev–Trinajstić information content (AvgIpc) is 3.16. The van der Waals surface area contributed by atoms with Crippen LogP contribution in [0.1, 0.15) is 251 Å². The van der Waals surface area contributed by atoms with Gasteiger partial charge in [-0.2, -0.15) is 0 Å². The minimum Gasteiger partial charge on any atom is -0.462 e. The summed E-state index contributed by atoms with van der Waals surface area (Å²) in [6.07, 6.45) is 48.1. The van der Waals surface area contributed by atoms with E-state index in [9.17, 15) is 14.2 Å². The van der Waals surface area contributed by atoms with E-state index >= 15 is 0 Å². The Balaban J connectivity index is 3.75. The van der Waals surface area contributed by atoms with Crippen LogP contribution in [0, 0.1) is 0 Å². The molecule has 1 unspecified atom stereocenters. The van der Waals surface area contributed by atoms with Crippen LogP contribution < -0.4 is 0 Å². The van der Waals surface area contributed by atoms with Crippen LogP contribution in [-0.4, -0.2) is 41.0 Å². The SMILES string of the molecule is CCCCCC/C=C\CCCCCCCC(=O)OC(COC(=O)CCCCCCCCCCCCCCCCCCCCCCCCCC)COP(=O)(O)O. The van der Waals surface area contributed by atoms with E-state index in [-0.39, 0.29) is 19.4 Å². The lowest BCUT2D eigenvalue weighted by Gasteiger charge is -2.18. The molecule has 1 atom stereocenters. The number of phosphoric acid groups is 1. The standard InChI is InChI=1S/C46H89O8P/c1-3-5-7-9-11-13-15-17-18-19-20-21-22-23-24-25-26-27-29-30-32-34-36-38-40-45(47)52-42-44(43-53-55(49,50)51)54-46(48)41-39-37-35-33-31-28-16-14-12-10-8-6-4-2/h14,16,44H,3-13,15,17-43H2,1-2H3,(H2,49,50,51)/b16-14-. The van der Waals surface area contributed by atoms with E-state index in [1.54, 1.807) is 0 Å². The van der Waals surface area contributed by atoms with Crippen molar-refractivity contribution in [1.29, 1.82) is 0 Å². The second kappa shape index (κ2) is 42.4. The van der Waals surface area contributed by atoms with Gasteiger partial charge in [0.2, 0.25) is 0 Å². The summed E-state index contributed by atoms with van der Waals surface area (Å²) in [6, 6.07) is 0. The molecular formula is C46H89O8P. The highest BCUT2D eigenvalue weighted by atomic mass is 31.2. The highest BCUT2D eigenvalue weighted by Crippen LogP contribution is 2.36. The van der Waals surface area contributed by atoms with E-state index in [1.165, 1.54) is 167 Å². The lowest BCUT2D eigenvalue weighted by molar-refractivity contribution is -0.161. The molecule has 0 fully saturated rings. The number of hydrogen-bond donors (Lipinski definition) is 2. The van der Waals surface area contributed by atoms with Crippen molar-refractivity contribution in [2.45, 2.75) is 258 Å². The van der Waals surface area contributed by atoms with Crippen molar-refractivity contribution >= 4 is 19.8 Å². The van der Waals surface area contributed by atoms with Gasteiger partial charge in [0.05, 0.1) is 6.61 Å². The van der Waals surface area contributed by atoms with Crippen molar-refractivity contribution in [3.63, 3.8) is 0 Å². The molecule has 0 aliphatic carbocycles. The molecule has 0 saturated carbocycles. The van der Waals surface area contributed by atoms with Gasteiger partial charge in [0.15, 0.2) is 6.10 Å². The first-order valence-corrected chi connectivity index (χ1v) is 25.0. The number of esters is 2. The Bertz CT molecular complexity index is 904. The summed E-state index contributed by atoms with van der Waals surface area (Å²) in [4.78, 5) is 42.9. The molecule has 0 aliphatic heterocycles. The third-order valence-corrected chi connectivity index (χ3v) is 11.0. The highest BCUT2D eigenvalue weighted by molar-refractivity contribution is 7.46. The van der Waals surface area contributed by atoms with Crippen LogP contribution in [-0.2, 0) is 28.2 Å². The quantitative estimate of drug-likeness (QED) is 0.0271. The molecule has 8 nitrogen and oxygen atoms in total. The molecule has 0 aliphatic rings. The normalized spacial score (nSPS) is 12.4. The van der Waals surface area contributed by atoms with Gasteiger partial charge in [-0.1, -0.05) is 212 Å². The fourth-order valence-corrected chi connectivity index (χ4v) is 7.38. The van der Waals surface area contributed by atoms with Gasteiger partial charge in [-0.15, -0.1) is 0 Å². The van der Waals surface area contributed by atoms with Crippen LogP contribution in [0.15, 0.2) is 12.2 Å². The van der Waals surface area contributed by atoms with Crippen molar-refractivity contribution in [2.75, 3.05) is 13.2 Å². The summed E-state index contributed by atoms with van der Waals surface area (Å²) in [6.45, 7) is 3.70. The minimum atomic E-state index is -4.75. The monoisotopic (exact) mass is 801 g/mol. The third kappa shape index (κ3) is 45.4. The maximum Gasteiger partial charge on any atom is 0.469 e.